The van der Waals surface area contributed by atoms with Crippen molar-refractivity contribution in [2.75, 3.05) is 17.2 Å². The molecule has 1 amide bonds. The van der Waals surface area contributed by atoms with Crippen molar-refractivity contribution >= 4 is 23.4 Å². The van der Waals surface area contributed by atoms with Crippen LogP contribution in [0.1, 0.15) is 12.5 Å². The van der Waals surface area contributed by atoms with Gasteiger partial charge in [-0.1, -0.05) is 18.2 Å². The number of phenolic OH excluding ortho intramolecular Hbond substituents is 1. The number of nitrogen functional groups attached to an aromatic ring is 1. The number of carbonyl (C=O) groups excluding carboxylic acids is 1. The molecule has 0 fully saturated rings. The summed E-state index contributed by atoms with van der Waals surface area (Å²) in [5, 5.41) is 9.51. The third-order valence-corrected chi connectivity index (χ3v) is 3.05. The van der Waals surface area contributed by atoms with Crippen molar-refractivity contribution in [1.82, 2.24) is 0 Å². The average molecular weight is 282 g/mol. The maximum atomic E-state index is 12.3. The smallest absolute Gasteiger partial charge is 0.250 e. The summed E-state index contributed by atoms with van der Waals surface area (Å²) >= 11 is 0. The van der Waals surface area contributed by atoms with Crippen molar-refractivity contribution in [3.63, 3.8) is 0 Å². The van der Waals surface area contributed by atoms with E-state index in [9.17, 15) is 9.90 Å². The van der Waals surface area contributed by atoms with E-state index in [1.54, 1.807) is 47.4 Å². The maximum Gasteiger partial charge on any atom is 0.250 e. The number of benzene rings is 2. The van der Waals surface area contributed by atoms with E-state index < -0.39 is 0 Å². The molecule has 0 saturated carbocycles. The number of anilines is 2. The summed E-state index contributed by atoms with van der Waals surface area (Å²) in [4.78, 5) is 13.9. The minimum Gasteiger partial charge on any atom is -0.508 e. The summed E-state index contributed by atoms with van der Waals surface area (Å²) in [7, 11) is 0. The Bertz CT molecular complexity index is 665. The number of phenols is 1. The van der Waals surface area contributed by atoms with Crippen LogP contribution >= 0.6 is 0 Å². The first kappa shape index (κ1) is 14.7. The fourth-order valence-corrected chi connectivity index (χ4v) is 2.05. The summed E-state index contributed by atoms with van der Waals surface area (Å²) < 4.78 is 0. The molecule has 2 aromatic rings. The van der Waals surface area contributed by atoms with E-state index in [1.165, 1.54) is 6.08 Å². The summed E-state index contributed by atoms with van der Waals surface area (Å²) in [6, 6.07) is 14.0. The van der Waals surface area contributed by atoms with E-state index in [2.05, 4.69) is 0 Å². The van der Waals surface area contributed by atoms with Gasteiger partial charge in [0.15, 0.2) is 0 Å². The fourth-order valence-electron chi connectivity index (χ4n) is 2.05. The van der Waals surface area contributed by atoms with Crippen LogP contribution in [0.5, 0.6) is 5.75 Å². The molecule has 21 heavy (non-hydrogen) atoms. The second kappa shape index (κ2) is 6.61. The first-order valence-electron chi connectivity index (χ1n) is 6.74. The molecule has 0 radical (unpaired) electrons. The van der Waals surface area contributed by atoms with E-state index in [-0.39, 0.29) is 11.7 Å². The molecule has 2 aromatic carbocycles. The molecule has 0 aromatic heterocycles. The molecular formula is C17H18N2O2. The lowest BCUT2D eigenvalue weighted by Crippen LogP contribution is -2.28. The Morgan fingerprint density at radius 3 is 2.67 bits per heavy atom. The first-order valence-corrected chi connectivity index (χ1v) is 6.74. The summed E-state index contributed by atoms with van der Waals surface area (Å²) in [5.74, 6) is -0.0101. The fraction of sp³-hybridized carbons (Fsp3) is 0.118. The standard InChI is InChI=1S/C17H18N2O2/c1-2-19(15-7-4-8-16(20)12-15)17(21)10-9-13-5-3-6-14(18)11-13/h3-12,20H,2,18H2,1H3/b10-9+. The Balaban J connectivity index is 2.17. The van der Waals surface area contributed by atoms with Gasteiger partial charge < -0.3 is 15.7 Å². The van der Waals surface area contributed by atoms with Crippen LogP contribution in [0, 0.1) is 0 Å². The lowest BCUT2D eigenvalue weighted by molar-refractivity contribution is -0.114. The highest BCUT2D eigenvalue weighted by molar-refractivity contribution is 6.03. The monoisotopic (exact) mass is 282 g/mol. The molecular weight excluding hydrogens is 264 g/mol. The molecule has 0 aliphatic rings. The number of hydrogen-bond acceptors (Lipinski definition) is 3. The summed E-state index contributed by atoms with van der Waals surface area (Å²) in [5.41, 5.74) is 7.90. The van der Waals surface area contributed by atoms with Crippen molar-refractivity contribution < 1.29 is 9.90 Å². The lowest BCUT2D eigenvalue weighted by Gasteiger charge is -2.19. The number of carbonyl (C=O) groups is 1. The number of nitrogens with two attached hydrogens (primary N) is 1. The minimum atomic E-state index is -0.148. The number of aromatic hydroxyl groups is 1. The highest BCUT2D eigenvalue weighted by Crippen LogP contribution is 2.20. The zero-order valence-electron chi connectivity index (χ0n) is 11.9. The van der Waals surface area contributed by atoms with E-state index in [0.717, 1.165) is 5.56 Å². The predicted octanol–water partition coefficient (Wildman–Crippen LogP) is 3.04. The van der Waals surface area contributed by atoms with Crippen molar-refractivity contribution in [2.24, 2.45) is 0 Å². The highest BCUT2D eigenvalue weighted by atomic mass is 16.3. The van der Waals surface area contributed by atoms with Crippen LogP contribution in [0.25, 0.3) is 6.08 Å². The van der Waals surface area contributed by atoms with Gasteiger partial charge >= 0.3 is 0 Å². The van der Waals surface area contributed by atoms with Crippen LogP contribution < -0.4 is 10.6 Å². The number of nitrogens with zero attached hydrogens (tertiary/aromatic N) is 1. The van der Waals surface area contributed by atoms with Gasteiger partial charge in [-0.05, 0) is 42.8 Å². The maximum absolute atomic E-state index is 12.3. The van der Waals surface area contributed by atoms with Gasteiger partial charge in [-0.25, -0.2) is 0 Å². The van der Waals surface area contributed by atoms with Crippen LogP contribution in [0.2, 0.25) is 0 Å². The average Bonchev–Trinajstić information content (AvgIpc) is 2.46. The van der Waals surface area contributed by atoms with Crippen molar-refractivity contribution in [2.45, 2.75) is 6.92 Å². The highest BCUT2D eigenvalue weighted by Gasteiger charge is 2.11. The molecule has 0 atom stereocenters. The van der Waals surface area contributed by atoms with Crippen LogP contribution in [0.4, 0.5) is 11.4 Å². The van der Waals surface area contributed by atoms with Gasteiger partial charge in [0.25, 0.3) is 5.91 Å². The Morgan fingerprint density at radius 2 is 2.00 bits per heavy atom. The lowest BCUT2D eigenvalue weighted by atomic mass is 10.2. The van der Waals surface area contributed by atoms with Gasteiger partial charge in [-0.15, -0.1) is 0 Å². The van der Waals surface area contributed by atoms with Crippen LogP contribution in [-0.4, -0.2) is 17.6 Å². The topological polar surface area (TPSA) is 66.6 Å². The Hall–Kier alpha value is -2.75. The molecule has 4 heteroatoms. The Kier molecular flexibility index (Phi) is 4.61. The van der Waals surface area contributed by atoms with Gasteiger partial charge in [-0.2, -0.15) is 0 Å². The van der Waals surface area contributed by atoms with E-state index in [4.69, 9.17) is 5.73 Å². The van der Waals surface area contributed by atoms with Gasteiger partial charge in [-0.3, -0.25) is 4.79 Å². The van der Waals surface area contributed by atoms with E-state index >= 15 is 0 Å². The van der Waals surface area contributed by atoms with Crippen LogP contribution in [0.3, 0.4) is 0 Å². The molecule has 0 bridgehead atoms. The zero-order chi connectivity index (χ0) is 15.2. The molecule has 0 aliphatic carbocycles. The van der Waals surface area contributed by atoms with E-state index in [1.807, 2.05) is 19.1 Å². The molecule has 108 valence electrons. The molecule has 0 heterocycles. The predicted molar refractivity (Wildman–Crippen MR) is 86.0 cm³/mol. The molecule has 0 saturated heterocycles. The number of rotatable bonds is 4. The van der Waals surface area contributed by atoms with Gasteiger partial charge in [0.2, 0.25) is 0 Å². The van der Waals surface area contributed by atoms with Crippen molar-refractivity contribution in [1.29, 1.82) is 0 Å². The third-order valence-electron chi connectivity index (χ3n) is 3.05. The Morgan fingerprint density at radius 1 is 1.24 bits per heavy atom. The number of hydrogen-bond donors (Lipinski definition) is 2. The van der Waals surface area contributed by atoms with E-state index in [0.29, 0.717) is 17.9 Å². The SMILES string of the molecule is CCN(C(=O)/C=C/c1cccc(N)c1)c1cccc(O)c1. The van der Waals surface area contributed by atoms with Gasteiger partial charge in [0.1, 0.15) is 5.75 Å². The van der Waals surface area contributed by atoms with Crippen molar-refractivity contribution in [3.8, 4) is 5.75 Å². The summed E-state index contributed by atoms with van der Waals surface area (Å²) in [6.45, 7) is 2.40. The first-order chi connectivity index (χ1) is 10.1. The number of amides is 1. The normalized spacial score (nSPS) is 10.7. The summed E-state index contributed by atoms with van der Waals surface area (Å²) in [6.07, 6.45) is 3.23. The molecule has 3 N–H and O–H groups in total. The molecule has 0 aliphatic heterocycles. The van der Waals surface area contributed by atoms with Crippen molar-refractivity contribution in [3.05, 3.63) is 60.2 Å². The molecule has 4 nitrogen and oxygen atoms in total. The zero-order valence-corrected chi connectivity index (χ0v) is 11.9. The van der Waals surface area contributed by atoms with Crippen LogP contribution in [0.15, 0.2) is 54.6 Å². The quantitative estimate of drug-likeness (QED) is 0.669. The van der Waals surface area contributed by atoms with Gasteiger partial charge in [0, 0.05) is 30.1 Å². The molecule has 0 unspecified atom stereocenters. The second-order valence-electron chi connectivity index (χ2n) is 4.61. The molecule has 2 rings (SSSR count). The Labute approximate surface area is 124 Å². The minimum absolute atomic E-state index is 0.138. The second-order valence-corrected chi connectivity index (χ2v) is 4.61. The number of likely N-dealkylation sites (N-methyl/N-ethyl adjacent to an activating group) is 1. The molecule has 0 spiro atoms. The van der Waals surface area contributed by atoms with Crippen LogP contribution in [-0.2, 0) is 4.79 Å². The third kappa shape index (κ3) is 3.86. The van der Waals surface area contributed by atoms with Gasteiger partial charge in [0.05, 0.1) is 0 Å². The largest absolute Gasteiger partial charge is 0.508 e.